The third-order valence-electron chi connectivity index (χ3n) is 2.54. The van der Waals surface area contributed by atoms with Crippen LogP contribution in [-0.4, -0.2) is 53.2 Å². The average molecular weight is 358 g/mol. The first-order chi connectivity index (χ1) is 9.40. The van der Waals surface area contributed by atoms with Crippen molar-refractivity contribution >= 4 is 35.5 Å². The number of benzene rings is 1. The molecule has 6 nitrogen and oxygen atoms in total. The van der Waals surface area contributed by atoms with E-state index in [-0.39, 0.29) is 17.9 Å². The third-order valence-corrected chi connectivity index (χ3v) is 4.80. The Labute approximate surface area is 126 Å². The molecule has 0 radical (unpaired) electrons. The zero-order valence-electron chi connectivity index (χ0n) is 11.2. The molecule has 0 aliphatic carbocycles. The first kappa shape index (κ1) is 17.9. The standard InChI is InChI=1S/C11H13ClFNO5S2/c1-14(3-4-20(2,16)17)11(15)8-5-9(13)7-10(6-8)21(12,18)19/h5-7H,3-4H2,1-2H3. The van der Waals surface area contributed by atoms with Crippen molar-refractivity contribution in [2.24, 2.45) is 0 Å². The molecule has 1 rings (SSSR count). The van der Waals surface area contributed by atoms with E-state index >= 15 is 0 Å². The van der Waals surface area contributed by atoms with Crippen LogP contribution in [0.4, 0.5) is 4.39 Å². The van der Waals surface area contributed by atoms with Gasteiger partial charge in [-0.2, -0.15) is 0 Å². The lowest BCUT2D eigenvalue weighted by atomic mass is 10.2. The van der Waals surface area contributed by atoms with Crippen molar-refractivity contribution in [2.75, 3.05) is 25.6 Å². The van der Waals surface area contributed by atoms with E-state index in [9.17, 15) is 26.0 Å². The van der Waals surface area contributed by atoms with Gasteiger partial charge in [0.2, 0.25) is 0 Å². The minimum absolute atomic E-state index is 0.100. The second-order valence-corrected chi connectivity index (χ2v) is 9.30. The molecule has 21 heavy (non-hydrogen) atoms. The Balaban J connectivity index is 3.05. The van der Waals surface area contributed by atoms with Crippen LogP contribution in [0.3, 0.4) is 0 Å². The molecule has 1 amide bonds. The van der Waals surface area contributed by atoms with Gasteiger partial charge in [-0.1, -0.05) is 0 Å². The maximum absolute atomic E-state index is 13.4. The molecule has 0 aliphatic rings. The predicted octanol–water partition coefficient (Wildman–Crippen LogP) is 0.870. The number of carbonyl (C=O) groups is 1. The van der Waals surface area contributed by atoms with Gasteiger partial charge in [-0.3, -0.25) is 4.79 Å². The highest BCUT2D eigenvalue weighted by molar-refractivity contribution is 8.13. The Hall–Kier alpha value is -1.19. The summed E-state index contributed by atoms with van der Waals surface area (Å²) in [6, 6.07) is 2.48. The van der Waals surface area contributed by atoms with Gasteiger partial charge in [0.15, 0.2) is 0 Å². The van der Waals surface area contributed by atoms with Crippen molar-refractivity contribution in [1.29, 1.82) is 0 Å². The number of rotatable bonds is 5. The highest BCUT2D eigenvalue weighted by atomic mass is 35.7. The van der Waals surface area contributed by atoms with E-state index in [4.69, 9.17) is 10.7 Å². The lowest BCUT2D eigenvalue weighted by molar-refractivity contribution is 0.0802. The number of halogens is 2. The number of hydrogen-bond donors (Lipinski definition) is 0. The summed E-state index contributed by atoms with van der Waals surface area (Å²) < 4.78 is 57.8. The van der Waals surface area contributed by atoms with E-state index in [1.165, 1.54) is 7.05 Å². The van der Waals surface area contributed by atoms with Crippen molar-refractivity contribution in [1.82, 2.24) is 4.90 Å². The topological polar surface area (TPSA) is 88.6 Å². The summed E-state index contributed by atoms with van der Waals surface area (Å²) in [6.45, 7) is -0.100. The van der Waals surface area contributed by atoms with E-state index in [2.05, 4.69) is 0 Å². The largest absolute Gasteiger partial charge is 0.341 e. The summed E-state index contributed by atoms with van der Waals surface area (Å²) in [7, 11) is -1.00. The SMILES string of the molecule is CN(CCS(C)(=O)=O)C(=O)c1cc(F)cc(S(=O)(=O)Cl)c1. The van der Waals surface area contributed by atoms with Gasteiger partial charge in [-0.15, -0.1) is 0 Å². The van der Waals surface area contributed by atoms with Gasteiger partial charge in [0.05, 0.1) is 10.6 Å². The minimum Gasteiger partial charge on any atom is -0.341 e. The summed E-state index contributed by atoms with van der Waals surface area (Å²) in [6.07, 6.45) is 1.02. The van der Waals surface area contributed by atoms with Crippen molar-refractivity contribution in [3.8, 4) is 0 Å². The first-order valence-electron chi connectivity index (χ1n) is 5.58. The molecule has 1 aromatic carbocycles. The van der Waals surface area contributed by atoms with Crippen LogP contribution in [0, 0.1) is 5.82 Å². The molecule has 0 unspecified atom stereocenters. The van der Waals surface area contributed by atoms with Crippen LogP contribution in [-0.2, 0) is 18.9 Å². The Morgan fingerprint density at radius 1 is 1.24 bits per heavy atom. The molecule has 0 fully saturated rings. The first-order valence-corrected chi connectivity index (χ1v) is 9.95. The van der Waals surface area contributed by atoms with E-state index in [0.29, 0.717) is 6.07 Å². The van der Waals surface area contributed by atoms with Crippen LogP contribution in [0.2, 0.25) is 0 Å². The van der Waals surface area contributed by atoms with Crippen LogP contribution in [0.5, 0.6) is 0 Å². The van der Waals surface area contributed by atoms with Gasteiger partial charge < -0.3 is 4.90 Å². The average Bonchev–Trinajstić information content (AvgIpc) is 2.32. The lowest BCUT2D eigenvalue weighted by Crippen LogP contribution is -2.31. The molecule has 0 aromatic heterocycles. The number of nitrogens with zero attached hydrogens (tertiary/aromatic N) is 1. The Morgan fingerprint density at radius 2 is 1.81 bits per heavy atom. The fraction of sp³-hybridized carbons (Fsp3) is 0.364. The van der Waals surface area contributed by atoms with Crippen LogP contribution in [0.15, 0.2) is 23.1 Å². The molecule has 0 saturated carbocycles. The highest BCUT2D eigenvalue weighted by Crippen LogP contribution is 2.19. The van der Waals surface area contributed by atoms with Gasteiger partial charge in [-0.25, -0.2) is 21.2 Å². The van der Waals surface area contributed by atoms with Crippen molar-refractivity contribution in [2.45, 2.75) is 4.90 Å². The Kier molecular flexibility index (Phi) is 5.35. The van der Waals surface area contributed by atoms with E-state index in [1.807, 2.05) is 0 Å². The van der Waals surface area contributed by atoms with Gasteiger partial charge in [0, 0.05) is 36.1 Å². The number of hydrogen-bond acceptors (Lipinski definition) is 5. The van der Waals surface area contributed by atoms with Gasteiger partial charge >= 0.3 is 0 Å². The molecule has 0 bridgehead atoms. The molecule has 118 valence electrons. The van der Waals surface area contributed by atoms with Crippen LogP contribution in [0.1, 0.15) is 10.4 Å². The number of amides is 1. The van der Waals surface area contributed by atoms with E-state index in [1.54, 1.807) is 0 Å². The van der Waals surface area contributed by atoms with Gasteiger partial charge in [0.1, 0.15) is 15.7 Å². The maximum atomic E-state index is 13.4. The summed E-state index contributed by atoms with van der Waals surface area (Å²) in [4.78, 5) is 12.5. The van der Waals surface area contributed by atoms with E-state index in [0.717, 1.165) is 23.3 Å². The molecule has 1 aromatic rings. The zero-order chi connectivity index (χ0) is 16.4. The molecular formula is C11H13ClFNO5S2. The maximum Gasteiger partial charge on any atom is 0.261 e. The molecule has 0 spiro atoms. The summed E-state index contributed by atoms with van der Waals surface area (Å²) in [5.41, 5.74) is -0.231. The summed E-state index contributed by atoms with van der Waals surface area (Å²) in [5, 5.41) is 0. The third kappa shape index (κ3) is 5.60. The summed E-state index contributed by atoms with van der Waals surface area (Å²) in [5.74, 6) is -1.90. The van der Waals surface area contributed by atoms with Crippen LogP contribution < -0.4 is 0 Å². The summed E-state index contributed by atoms with van der Waals surface area (Å²) >= 11 is 0. The van der Waals surface area contributed by atoms with Crippen molar-refractivity contribution < 1.29 is 26.0 Å². The van der Waals surface area contributed by atoms with Crippen molar-refractivity contribution in [3.05, 3.63) is 29.6 Å². The zero-order valence-corrected chi connectivity index (χ0v) is 13.6. The molecule has 0 N–H and O–H groups in total. The monoisotopic (exact) mass is 357 g/mol. The molecular weight excluding hydrogens is 345 g/mol. The predicted molar refractivity (Wildman–Crippen MR) is 76.1 cm³/mol. The molecule has 10 heteroatoms. The molecule has 0 saturated heterocycles. The van der Waals surface area contributed by atoms with Crippen LogP contribution >= 0.6 is 10.7 Å². The second-order valence-electron chi connectivity index (χ2n) is 4.47. The smallest absolute Gasteiger partial charge is 0.261 e. The lowest BCUT2D eigenvalue weighted by Gasteiger charge is -2.17. The quantitative estimate of drug-likeness (QED) is 0.729. The fourth-order valence-corrected chi connectivity index (χ4v) is 2.85. The Bertz CT molecular complexity index is 761. The van der Waals surface area contributed by atoms with Crippen LogP contribution in [0.25, 0.3) is 0 Å². The molecule has 0 aliphatic heterocycles. The van der Waals surface area contributed by atoms with Gasteiger partial charge in [-0.05, 0) is 18.2 Å². The second kappa shape index (κ2) is 6.29. The molecule has 0 heterocycles. The minimum atomic E-state index is -4.18. The van der Waals surface area contributed by atoms with Crippen molar-refractivity contribution in [3.63, 3.8) is 0 Å². The number of carbonyl (C=O) groups excluding carboxylic acids is 1. The van der Waals surface area contributed by atoms with E-state index < -0.39 is 35.5 Å². The normalized spacial score (nSPS) is 12.2. The number of sulfone groups is 1. The Morgan fingerprint density at radius 3 is 2.29 bits per heavy atom. The van der Waals surface area contributed by atoms with Gasteiger partial charge in [0.25, 0.3) is 15.0 Å². The highest BCUT2D eigenvalue weighted by Gasteiger charge is 2.19. The fourth-order valence-electron chi connectivity index (χ4n) is 1.45. The molecule has 0 atom stereocenters.